The topological polar surface area (TPSA) is 96.6 Å². The van der Waals surface area contributed by atoms with Crippen molar-refractivity contribution in [1.82, 2.24) is 4.57 Å². The van der Waals surface area contributed by atoms with Crippen LogP contribution in [0.5, 0.6) is 0 Å². The largest absolute Gasteiger partial charge is 0.507 e. The van der Waals surface area contributed by atoms with Gasteiger partial charge < -0.3 is 14.8 Å². The quantitative estimate of drug-likeness (QED) is 0.344. The van der Waals surface area contributed by atoms with Crippen molar-refractivity contribution in [3.05, 3.63) is 111 Å². The molecule has 2 N–H and O–H groups in total. The van der Waals surface area contributed by atoms with E-state index in [1.165, 1.54) is 18.3 Å². The number of carbonyl (C=O) groups is 2. The molecule has 0 fully saturated rings. The summed E-state index contributed by atoms with van der Waals surface area (Å²) in [6, 6.07) is 13.7. The maximum Gasteiger partial charge on any atom is 0.376 e. The first-order valence-corrected chi connectivity index (χ1v) is 9.14. The Bertz CT molecular complexity index is 1210. The molecule has 1 aromatic heterocycles. The number of carboxylic acid groups (broad SMARTS) is 1. The number of carbonyl (C=O) groups excluding carboxylic acids is 1. The number of aliphatic carboxylic acids is 1. The number of aliphatic hydroxyl groups is 1. The van der Waals surface area contributed by atoms with E-state index >= 15 is 0 Å². The number of rotatable bonds is 7. The van der Waals surface area contributed by atoms with Crippen LogP contribution in [0.1, 0.15) is 22.3 Å². The molecule has 0 saturated carbocycles. The highest BCUT2D eigenvalue weighted by Gasteiger charge is 2.17. The molecule has 0 aliphatic rings. The number of ketones is 1. The van der Waals surface area contributed by atoms with E-state index in [0.29, 0.717) is 18.1 Å². The van der Waals surface area contributed by atoms with Crippen LogP contribution >= 0.6 is 0 Å². The summed E-state index contributed by atoms with van der Waals surface area (Å²) in [7, 11) is 0. The Morgan fingerprint density at radius 2 is 1.58 bits per heavy atom. The van der Waals surface area contributed by atoms with E-state index in [2.05, 4.69) is 0 Å². The van der Waals surface area contributed by atoms with Gasteiger partial charge in [-0.2, -0.15) is 0 Å². The van der Waals surface area contributed by atoms with Crippen LogP contribution in [0.3, 0.4) is 0 Å². The Hall–Kier alpha value is -4.07. The summed E-state index contributed by atoms with van der Waals surface area (Å²) in [5.41, 5.74) is -0.190. The molecule has 158 valence electrons. The fraction of sp³-hybridized carbons (Fsp3) is 0.0870. The fourth-order valence-electron chi connectivity index (χ4n) is 3.04. The summed E-state index contributed by atoms with van der Waals surface area (Å²) in [4.78, 5) is 35.1. The first-order valence-electron chi connectivity index (χ1n) is 9.14. The highest BCUT2D eigenvalue weighted by molar-refractivity contribution is 6.38. The summed E-state index contributed by atoms with van der Waals surface area (Å²) < 4.78 is 29.2. The van der Waals surface area contributed by atoms with E-state index in [-0.39, 0.29) is 11.1 Å². The molecule has 3 aromatic rings. The second-order valence-electron chi connectivity index (χ2n) is 6.76. The van der Waals surface area contributed by atoms with Gasteiger partial charge in [0.05, 0.1) is 12.1 Å². The Balaban J connectivity index is 2.12. The first-order chi connectivity index (χ1) is 14.8. The van der Waals surface area contributed by atoms with Crippen LogP contribution < -0.4 is 5.56 Å². The molecule has 0 saturated heterocycles. The maximum atomic E-state index is 14.1. The number of pyridine rings is 1. The Labute approximate surface area is 175 Å². The Morgan fingerprint density at radius 1 is 0.935 bits per heavy atom. The van der Waals surface area contributed by atoms with Crippen molar-refractivity contribution in [2.24, 2.45) is 0 Å². The van der Waals surface area contributed by atoms with Gasteiger partial charge in [0, 0.05) is 17.8 Å². The van der Waals surface area contributed by atoms with Gasteiger partial charge in [-0.05, 0) is 35.7 Å². The molecular formula is C23H17F2NO5. The van der Waals surface area contributed by atoms with Crippen molar-refractivity contribution in [3.63, 3.8) is 0 Å². The van der Waals surface area contributed by atoms with E-state index in [9.17, 15) is 28.3 Å². The molecule has 2 aromatic carbocycles. The van der Waals surface area contributed by atoms with Crippen LogP contribution in [-0.4, -0.2) is 26.5 Å². The number of hydrogen-bond acceptors (Lipinski definition) is 4. The van der Waals surface area contributed by atoms with Crippen molar-refractivity contribution in [1.29, 1.82) is 0 Å². The molecule has 0 radical (unpaired) electrons. The summed E-state index contributed by atoms with van der Waals surface area (Å²) >= 11 is 0. The Kier molecular flexibility index (Phi) is 6.40. The molecule has 31 heavy (non-hydrogen) atoms. The van der Waals surface area contributed by atoms with Crippen molar-refractivity contribution in [2.75, 3.05) is 0 Å². The molecule has 0 aliphatic heterocycles. The normalized spacial score (nSPS) is 11.4. The average Bonchev–Trinajstić information content (AvgIpc) is 2.73. The minimum Gasteiger partial charge on any atom is -0.507 e. The summed E-state index contributed by atoms with van der Waals surface area (Å²) in [6.07, 6.45) is 2.13. The molecule has 0 amide bonds. The lowest BCUT2D eigenvalue weighted by Gasteiger charge is -2.13. The number of aromatic nitrogens is 1. The van der Waals surface area contributed by atoms with E-state index < -0.39 is 41.3 Å². The van der Waals surface area contributed by atoms with Gasteiger partial charge in [0.1, 0.15) is 17.4 Å². The molecule has 1 heterocycles. The number of halogens is 2. The third-order valence-corrected chi connectivity index (χ3v) is 4.54. The zero-order chi connectivity index (χ0) is 22.5. The van der Waals surface area contributed by atoms with E-state index in [1.54, 1.807) is 0 Å². The van der Waals surface area contributed by atoms with Crippen molar-refractivity contribution >= 4 is 17.5 Å². The summed E-state index contributed by atoms with van der Waals surface area (Å²) in [6.45, 7) is -0.465. The van der Waals surface area contributed by atoms with Crippen LogP contribution in [-0.2, 0) is 22.6 Å². The fourth-order valence-corrected chi connectivity index (χ4v) is 3.04. The van der Waals surface area contributed by atoms with Gasteiger partial charge in [-0.3, -0.25) is 9.59 Å². The molecule has 0 atom stereocenters. The number of aliphatic hydroxyl groups excluding tert-OH is 1. The lowest BCUT2D eigenvalue weighted by atomic mass is 10.0. The second-order valence-corrected chi connectivity index (χ2v) is 6.76. The highest BCUT2D eigenvalue weighted by Crippen LogP contribution is 2.17. The van der Waals surface area contributed by atoms with E-state index in [4.69, 9.17) is 5.11 Å². The number of benzene rings is 2. The third kappa shape index (κ3) is 5.11. The van der Waals surface area contributed by atoms with Gasteiger partial charge in [0.15, 0.2) is 0 Å². The van der Waals surface area contributed by atoms with Crippen molar-refractivity contribution in [3.8, 4) is 0 Å². The molecule has 8 heteroatoms. The number of nitrogens with zero attached hydrogens (tertiary/aromatic N) is 1. The van der Waals surface area contributed by atoms with Crippen LogP contribution in [0.2, 0.25) is 0 Å². The van der Waals surface area contributed by atoms with Crippen LogP contribution in [0, 0.1) is 11.6 Å². The predicted molar refractivity (Wildman–Crippen MR) is 109 cm³/mol. The number of hydrogen-bond donors (Lipinski definition) is 2. The molecule has 0 unspecified atom stereocenters. The monoisotopic (exact) mass is 425 g/mol. The highest BCUT2D eigenvalue weighted by atomic mass is 19.1. The maximum absolute atomic E-state index is 14.1. The molecule has 0 spiro atoms. The van der Waals surface area contributed by atoms with E-state index in [0.717, 1.165) is 22.3 Å². The molecule has 0 bridgehead atoms. The van der Waals surface area contributed by atoms with Gasteiger partial charge >= 0.3 is 5.97 Å². The third-order valence-electron chi connectivity index (χ3n) is 4.54. The van der Waals surface area contributed by atoms with Gasteiger partial charge in [0.25, 0.3) is 11.3 Å². The van der Waals surface area contributed by atoms with E-state index in [1.807, 2.05) is 30.3 Å². The molecule has 3 rings (SSSR count). The van der Waals surface area contributed by atoms with Crippen LogP contribution in [0.4, 0.5) is 8.78 Å². The minimum absolute atomic E-state index is 0.314. The second kappa shape index (κ2) is 9.17. The lowest BCUT2D eigenvalue weighted by molar-refractivity contribution is -0.146. The predicted octanol–water partition coefficient (Wildman–Crippen LogP) is 3.32. The lowest BCUT2D eigenvalue weighted by Crippen LogP contribution is -2.25. The molecule has 0 aliphatic carbocycles. The van der Waals surface area contributed by atoms with Gasteiger partial charge in [-0.15, -0.1) is 0 Å². The number of carboxylic acids is 1. The molecule has 6 nitrogen and oxygen atoms in total. The van der Waals surface area contributed by atoms with Crippen molar-refractivity contribution in [2.45, 2.75) is 13.0 Å². The molecular weight excluding hydrogens is 408 g/mol. The Morgan fingerprint density at radius 3 is 2.19 bits per heavy atom. The summed E-state index contributed by atoms with van der Waals surface area (Å²) in [5.74, 6) is -5.77. The smallest absolute Gasteiger partial charge is 0.376 e. The average molecular weight is 425 g/mol. The zero-order valence-corrected chi connectivity index (χ0v) is 16.1. The summed E-state index contributed by atoms with van der Waals surface area (Å²) in [5, 5.41) is 19.0. The standard InChI is InChI=1S/C23H17F2NO5/c24-18-7-4-8-19(25)17(18)13-26-12-15(9-14-5-2-1-3-6-14)10-16(22(26)29)20(27)11-21(28)23(30)31/h1-8,10-12,27H,9,13H2,(H,30,31). The minimum atomic E-state index is -1.80. The van der Waals surface area contributed by atoms with Gasteiger partial charge in [-0.25, -0.2) is 13.6 Å². The van der Waals surface area contributed by atoms with Crippen LogP contribution in [0.15, 0.2) is 71.7 Å². The first kappa shape index (κ1) is 21.6. The van der Waals surface area contributed by atoms with Gasteiger partial charge in [-0.1, -0.05) is 36.4 Å². The zero-order valence-electron chi connectivity index (χ0n) is 16.1. The van der Waals surface area contributed by atoms with Gasteiger partial charge in [0.2, 0.25) is 0 Å². The van der Waals surface area contributed by atoms with Crippen molar-refractivity contribution < 1.29 is 28.6 Å². The van der Waals surface area contributed by atoms with Crippen LogP contribution in [0.25, 0.3) is 5.76 Å². The SMILES string of the molecule is O=C(O)C(=O)C=C(O)c1cc(Cc2ccccc2)cn(Cc2c(F)cccc2F)c1=O.